The fraction of sp³-hybridized carbons (Fsp3) is 0.600. The average molecular weight is 279 g/mol. The van der Waals surface area contributed by atoms with Gasteiger partial charge in [-0.25, -0.2) is 4.98 Å². The highest BCUT2D eigenvalue weighted by atomic mass is 16.5. The summed E-state index contributed by atoms with van der Waals surface area (Å²) < 4.78 is 7.34. The van der Waals surface area contributed by atoms with Crippen LogP contribution in [0.5, 0.6) is 0 Å². The van der Waals surface area contributed by atoms with Gasteiger partial charge in [0.2, 0.25) is 5.91 Å². The zero-order valence-corrected chi connectivity index (χ0v) is 12.5. The Hall–Kier alpha value is -1.62. The Balaban J connectivity index is 2.26. The molecule has 5 heteroatoms. The van der Waals surface area contributed by atoms with E-state index in [-0.39, 0.29) is 11.9 Å². The van der Waals surface area contributed by atoms with Gasteiger partial charge in [0, 0.05) is 31.4 Å². The Bertz CT molecular complexity index is 401. The van der Waals surface area contributed by atoms with Gasteiger partial charge in [-0.15, -0.1) is 0 Å². The van der Waals surface area contributed by atoms with E-state index in [1.807, 2.05) is 17.7 Å². The molecule has 0 fully saturated rings. The van der Waals surface area contributed by atoms with Crippen molar-refractivity contribution in [3.8, 4) is 0 Å². The standard InChI is InChI=1S/C15H25N3O2/c1-4-5-14(18-8-6-16-12-18)10-15(19)17-7-9-20-11-13(2)3/h6,8,12,14H,2,4-5,7,9-11H2,1,3H3,(H,17,19). The molecule has 112 valence electrons. The number of imidazole rings is 1. The number of aromatic nitrogens is 2. The predicted octanol–water partition coefficient (Wildman–Crippen LogP) is 2.32. The minimum absolute atomic E-state index is 0.0519. The van der Waals surface area contributed by atoms with E-state index in [9.17, 15) is 4.79 Å². The average Bonchev–Trinajstić information content (AvgIpc) is 2.91. The minimum Gasteiger partial charge on any atom is -0.375 e. The van der Waals surface area contributed by atoms with Crippen LogP contribution >= 0.6 is 0 Å². The zero-order valence-electron chi connectivity index (χ0n) is 12.5. The van der Waals surface area contributed by atoms with Crippen LogP contribution in [0.2, 0.25) is 0 Å². The van der Waals surface area contributed by atoms with E-state index in [2.05, 4.69) is 23.8 Å². The Kier molecular flexibility index (Phi) is 7.65. The van der Waals surface area contributed by atoms with Crippen molar-refractivity contribution in [2.45, 2.75) is 39.2 Å². The maximum absolute atomic E-state index is 11.9. The monoisotopic (exact) mass is 279 g/mol. The Morgan fingerprint density at radius 3 is 2.95 bits per heavy atom. The summed E-state index contributed by atoms with van der Waals surface area (Å²) in [5.74, 6) is 0.0519. The first-order chi connectivity index (χ1) is 9.63. The van der Waals surface area contributed by atoms with Crippen molar-refractivity contribution in [2.75, 3.05) is 19.8 Å². The molecule has 1 N–H and O–H groups in total. The van der Waals surface area contributed by atoms with Gasteiger partial charge >= 0.3 is 0 Å². The third kappa shape index (κ3) is 6.52. The van der Waals surface area contributed by atoms with Gasteiger partial charge in [0.25, 0.3) is 0 Å². The van der Waals surface area contributed by atoms with Crippen molar-refractivity contribution >= 4 is 5.91 Å². The van der Waals surface area contributed by atoms with Gasteiger partial charge in [-0.2, -0.15) is 0 Å². The molecule has 0 aromatic carbocycles. The van der Waals surface area contributed by atoms with E-state index in [1.165, 1.54) is 0 Å². The largest absolute Gasteiger partial charge is 0.375 e. The Morgan fingerprint density at radius 1 is 1.55 bits per heavy atom. The van der Waals surface area contributed by atoms with Crippen LogP contribution in [-0.2, 0) is 9.53 Å². The van der Waals surface area contributed by atoms with Gasteiger partial charge in [-0.3, -0.25) is 4.79 Å². The van der Waals surface area contributed by atoms with Gasteiger partial charge in [-0.05, 0) is 13.3 Å². The van der Waals surface area contributed by atoms with Crippen molar-refractivity contribution in [1.82, 2.24) is 14.9 Å². The van der Waals surface area contributed by atoms with Crippen molar-refractivity contribution in [1.29, 1.82) is 0 Å². The number of carbonyl (C=O) groups is 1. The maximum Gasteiger partial charge on any atom is 0.222 e. The third-order valence-electron chi connectivity index (χ3n) is 2.91. The summed E-state index contributed by atoms with van der Waals surface area (Å²) in [6.07, 6.45) is 7.90. The molecule has 0 saturated carbocycles. The Morgan fingerprint density at radius 2 is 2.35 bits per heavy atom. The van der Waals surface area contributed by atoms with Crippen LogP contribution in [0.25, 0.3) is 0 Å². The molecule has 0 radical (unpaired) electrons. The van der Waals surface area contributed by atoms with E-state index in [0.29, 0.717) is 26.2 Å². The highest BCUT2D eigenvalue weighted by Gasteiger charge is 2.14. The van der Waals surface area contributed by atoms with E-state index in [4.69, 9.17) is 4.74 Å². The molecule has 1 aromatic heterocycles. The van der Waals surface area contributed by atoms with Crippen LogP contribution in [0.15, 0.2) is 30.9 Å². The summed E-state index contributed by atoms with van der Waals surface area (Å²) >= 11 is 0. The molecule has 1 atom stereocenters. The van der Waals surface area contributed by atoms with Gasteiger partial charge in [-0.1, -0.05) is 25.5 Å². The molecule has 0 aliphatic carbocycles. The second kappa shape index (κ2) is 9.31. The lowest BCUT2D eigenvalue weighted by molar-refractivity contribution is -0.122. The summed E-state index contributed by atoms with van der Waals surface area (Å²) in [6, 6.07) is 0.179. The van der Waals surface area contributed by atoms with E-state index >= 15 is 0 Å². The molecular weight excluding hydrogens is 254 g/mol. The summed E-state index contributed by atoms with van der Waals surface area (Å²) in [6.45, 7) is 9.39. The highest BCUT2D eigenvalue weighted by molar-refractivity contribution is 5.76. The molecule has 1 unspecified atom stereocenters. The lowest BCUT2D eigenvalue weighted by Gasteiger charge is -2.17. The van der Waals surface area contributed by atoms with Gasteiger partial charge < -0.3 is 14.6 Å². The van der Waals surface area contributed by atoms with Gasteiger partial charge in [0.05, 0.1) is 19.5 Å². The molecule has 1 heterocycles. The van der Waals surface area contributed by atoms with Gasteiger partial charge in [0.15, 0.2) is 0 Å². The summed E-state index contributed by atoms with van der Waals surface area (Å²) in [7, 11) is 0. The second-order valence-corrected chi connectivity index (χ2v) is 5.02. The fourth-order valence-electron chi connectivity index (χ4n) is 1.97. The lowest BCUT2D eigenvalue weighted by atomic mass is 10.1. The van der Waals surface area contributed by atoms with E-state index in [0.717, 1.165) is 18.4 Å². The molecular formula is C15H25N3O2. The maximum atomic E-state index is 11.9. The van der Waals surface area contributed by atoms with Crippen LogP contribution < -0.4 is 5.32 Å². The molecule has 0 aliphatic heterocycles. The van der Waals surface area contributed by atoms with Crippen molar-refractivity contribution < 1.29 is 9.53 Å². The molecule has 0 bridgehead atoms. The number of hydrogen-bond donors (Lipinski definition) is 1. The SMILES string of the molecule is C=C(C)COCCNC(=O)CC(CCC)n1ccnc1. The molecule has 5 nitrogen and oxygen atoms in total. The van der Waals surface area contributed by atoms with Crippen LogP contribution in [-0.4, -0.2) is 35.2 Å². The number of nitrogens with one attached hydrogen (secondary N) is 1. The molecule has 1 rings (SSSR count). The number of carbonyl (C=O) groups excluding carboxylic acids is 1. The third-order valence-corrected chi connectivity index (χ3v) is 2.91. The predicted molar refractivity (Wildman–Crippen MR) is 79.4 cm³/mol. The first-order valence-electron chi connectivity index (χ1n) is 7.09. The van der Waals surface area contributed by atoms with Crippen molar-refractivity contribution in [3.63, 3.8) is 0 Å². The first-order valence-corrected chi connectivity index (χ1v) is 7.09. The molecule has 20 heavy (non-hydrogen) atoms. The van der Waals surface area contributed by atoms with Crippen LogP contribution in [0.3, 0.4) is 0 Å². The number of hydrogen-bond acceptors (Lipinski definition) is 3. The Labute approximate surface area is 121 Å². The topological polar surface area (TPSA) is 56.1 Å². The van der Waals surface area contributed by atoms with E-state index < -0.39 is 0 Å². The van der Waals surface area contributed by atoms with Crippen molar-refractivity contribution in [3.05, 3.63) is 30.9 Å². The molecule has 1 aromatic rings. The zero-order chi connectivity index (χ0) is 14.8. The van der Waals surface area contributed by atoms with Crippen LogP contribution in [0, 0.1) is 0 Å². The number of nitrogens with zero attached hydrogens (tertiary/aromatic N) is 2. The molecule has 0 saturated heterocycles. The molecule has 0 spiro atoms. The number of amides is 1. The van der Waals surface area contributed by atoms with Gasteiger partial charge in [0.1, 0.15) is 0 Å². The van der Waals surface area contributed by atoms with E-state index in [1.54, 1.807) is 12.5 Å². The highest BCUT2D eigenvalue weighted by Crippen LogP contribution is 2.17. The number of rotatable bonds is 10. The van der Waals surface area contributed by atoms with Crippen LogP contribution in [0.4, 0.5) is 0 Å². The first kappa shape index (κ1) is 16.4. The summed E-state index contributed by atoms with van der Waals surface area (Å²) in [4.78, 5) is 15.9. The minimum atomic E-state index is 0.0519. The second-order valence-electron chi connectivity index (χ2n) is 5.02. The summed E-state index contributed by atoms with van der Waals surface area (Å²) in [5.41, 5.74) is 0.986. The molecule has 1 amide bonds. The molecule has 0 aliphatic rings. The smallest absolute Gasteiger partial charge is 0.222 e. The van der Waals surface area contributed by atoms with Crippen LogP contribution in [0.1, 0.15) is 39.2 Å². The number of ether oxygens (including phenoxy) is 1. The quantitative estimate of drug-likeness (QED) is 0.528. The summed E-state index contributed by atoms with van der Waals surface area (Å²) in [5, 5.41) is 2.88. The fourth-order valence-corrected chi connectivity index (χ4v) is 1.97. The van der Waals surface area contributed by atoms with Crippen molar-refractivity contribution in [2.24, 2.45) is 0 Å². The normalized spacial score (nSPS) is 12.1. The lowest BCUT2D eigenvalue weighted by Crippen LogP contribution is -2.29.